The number of hydrogen-bond acceptors (Lipinski definition) is 0. The van der Waals surface area contributed by atoms with Gasteiger partial charge in [-0.1, -0.05) is 61.3 Å². The van der Waals surface area contributed by atoms with Crippen molar-refractivity contribution in [3.8, 4) is 0 Å². The number of allylic oxidation sites excluding steroid dienone is 1. The first kappa shape index (κ1) is 11.7. The highest BCUT2D eigenvalue weighted by atomic mass is 127. The monoisotopic (exact) mass is 282 g/mol. The van der Waals surface area contributed by atoms with Gasteiger partial charge in [-0.2, -0.15) is 0 Å². The standard InChI is InChI=1S/C9H19ISi/c1-8(6-10)9(2)7-11(3,4)5/h8H,2,6-7H2,1,3-5H3/t8-/m0/s1. The van der Waals surface area contributed by atoms with Crippen molar-refractivity contribution in [1.82, 2.24) is 0 Å². The van der Waals surface area contributed by atoms with Crippen LogP contribution in [0.5, 0.6) is 0 Å². The van der Waals surface area contributed by atoms with Crippen molar-refractivity contribution in [3.63, 3.8) is 0 Å². The number of hydrogen-bond donors (Lipinski definition) is 0. The second-order valence-electron chi connectivity index (χ2n) is 4.45. The second kappa shape index (κ2) is 4.65. The third-order valence-corrected chi connectivity index (χ3v) is 4.52. The summed E-state index contributed by atoms with van der Waals surface area (Å²) in [6.07, 6.45) is 0. The van der Waals surface area contributed by atoms with Crippen molar-refractivity contribution < 1.29 is 0 Å². The summed E-state index contributed by atoms with van der Waals surface area (Å²) in [5.74, 6) is 0.710. The minimum Gasteiger partial charge on any atom is -0.0999 e. The molecule has 0 heterocycles. The van der Waals surface area contributed by atoms with Gasteiger partial charge in [-0.15, -0.1) is 0 Å². The Morgan fingerprint density at radius 3 is 2.18 bits per heavy atom. The molecule has 0 rings (SSSR count). The average Bonchev–Trinajstić information content (AvgIpc) is 1.82. The first-order valence-corrected chi connectivity index (χ1v) is 9.33. The van der Waals surface area contributed by atoms with Gasteiger partial charge in [0.15, 0.2) is 0 Å². The molecule has 2 heteroatoms. The van der Waals surface area contributed by atoms with Crippen molar-refractivity contribution in [3.05, 3.63) is 12.2 Å². The fraction of sp³-hybridized carbons (Fsp3) is 0.778. The molecule has 0 saturated carbocycles. The smallest absolute Gasteiger partial charge is 0.0483 e. The summed E-state index contributed by atoms with van der Waals surface area (Å²) >= 11 is 2.43. The lowest BCUT2D eigenvalue weighted by Crippen LogP contribution is -2.21. The van der Waals surface area contributed by atoms with E-state index in [9.17, 15) is 0 Å². The summed E-state index contributed by atoms with van der Waals surface area (Å²) < 4.78 is 1.21. The predicted molar refractivity (Wildman–Crippen MR) is 65.3 cm³/mol. The zero-order valence-electron chi connectivity index (χ0n) is 8.08. The molecule has 0 bridgehead atoms. The van der Waals surface area contributed by atoms with Gasteiger partial charge in [0.05, 0.1) is 0 Å². The highest BCUT2D eigenvalue weighted by molar-refractivity contribution is 14.1. The van der Waals surface area contributed by atoms with E-state index in [1.807, 2.05) is 0 Å². The third-order valence-electron chi connectivity index (χ3n) is 1.69. The lowest BCUT2D eigenvalue weighted by atomic mass is 10.1. The first-order chi connectivity index (χ1) is 4.87. The number of halogens is 1. The molecule has 0 saturated heterocycles. The Labute approximate surface area is 85.6 Å². The number of rotatable bonds is 4. The van der Waals surface area contributed by atoms with E-state index in [2.05, 4.69) is 55.7 Å². The molecule has 1 atom stereocenters. The van der Waals surface area contributed by atoms with E-state index in [1.54, 1.807) is 0 Å². The lowest BCUT2D eigenvalue weighted by Gasteiger charge is -2.20. The van der Waals surface area contributed by atoms with E-state index in [4.69, 9.17) is 0 Å². The van der Waals surface area contributed by atoms with Gasteiger partial charge in [0, 0.05) is 12.5 Å². The van der Waals surface area contributed by atoms with Gasteiger partial charge in [0.1, 0.15) is 0 Å². The quantitative estimate of drug-likeness (QED) is 0.317. The summed E-state index contributed by atoms with van der Waals surface area (Å²) in [7, 11) is -0.902. The van der Waals surface area contributed by atoms with Crippen LogP contribution in [0.15, 0.2) is 12.2 Å². The molecule has 0 aromatic heterocycles. The van der Waals surface area contributed by atoms with Crippen molar-refractivity contribution in [1.29, 1.82) is 0 Å². The molecule has 0 aliphatic carbocycles. The van der Waals surface area contributed by atoms with E-state index in [0.29, 0.717) is 5.92 Å². The van der Waals surface area contributed by atoms with Crippen LogP contribution in [-0.4, -0.2) is 12.5 Å². The van der Waals surface area contributed by atoms with E-state index >= 15 is 0 Å². The molecule has 11 heavy (non-hydrogen) atoms. The Balaban J connectivity index is 3.88. The lowest BCUT2D eigenvalue weighted by molar-refractivity contribution is 0.795. The molecule has 0 nitrogen and oxygen atoms in total. The molecule has 0 radical (unpaired) electrons. The Morgan fingerprint density at radius 1 is 1.45 bits per heavy atom. The van der Waals surface area contributed by atoms with Crippen LogP contribution in [0, 0.1) is 5.92 Å². The van der Waals surface area contributed by atoms with E-state index in [-0.39, 0.29) is 0 Å². The summed E-state index contributed by atoms with van der Waals surface area (Å²) in [6, 6.07) is 1.29. The van der Waals surface area contributed by atoms with Crippen molar-refractivity contribution in [2.75, 3.05) is 4.43 Å². The van der Waals surface area contributed by atoms with Crippen molar-refractivity contribution in [2.24, 2.45) is 5.92 Å². The topological polar surface area (TPSA) is 0 Å². The summed E-state index contributed by atoms with van der Waals surface area (Å²) in [5, 5.41) is 0. The van der Waals surface area contributed by atoms with Gasteiger partial charge >= 0.3 is 0 Å². The Bertz CT molecular complexity index is 135. The Morgan fingerprint density at radius 2 is 1.91 bits per heavy atom. The molecular formula is C9H19ISi. The van der Waals surface area contributed by atoms with Gasteiger partial charge < -0.3 is 0 Å². The SMILES string of the molecule is C=C(C[Si](C)(C)C)[C@@H](C)CI. The van der Waals surface area contributed by atoms with Crippen LogP contribution in [0.3, 0.4) is 0 Å². The van der Waals surface area contributed by atoms with Crippen LogP contribution < -0.4 is 0 Å². The summed E-state index contributed by atoms with van der Waals surface area (Å²) in [5.41, 5.74) is 1.46. The summed E-state index contributed by atoms with van der Waals surface area (Å²) in [4.78, 5) is 0. The third kappa shape index (κ3) is 5.90. The molecule has 0 amide bonds. The average molecular weight is 282 g/mol. The minimum atomic E-state index is -0.902. The van der Waals surface area contributed by atoms with Crippen LogP contribution in [0.25, 0.3) is 0 Å². The van der Waals surface area contributed by atoms with Crippen LogP contribution in [0.2, 0.25) is 25.7 Å². The second-order valence-corrected chi connectivity index (χ2v) is 10.8. The molecule has 0 aliphatic heterocycles. The van der Waals surface area contributed by atoms with E-state index < -0.39 is 8.07 Å². The van der Waals surface area contributed by atoms with Gasteiger partial charge in [-0.3, -0.25) is 0 Å². The fourth-order valence-electron chi connectivity index (χ4n) is 0.965. The maximum atomic E-state index is 4.14. The molecule has 66 valence electrons. The maximum absolute atomic E-state index is 4.14. The molecule has 0 N–H and O–H groups in total. The van der Waals surface area contributed by atoms with Crippen LogP contribution in [0.1, 0.15) is 6.92 Å². The highest BCUT2D eigenvalue weighted by Crippen LogP contribution is 2.22. The molecule has 0 aliphatic rings. The van der Waals surface area contributed by atoms with Crippen LogP contribution >= 0.6 is 22.6 Å². The molecule has 0 fully saturated rings. The predicted octanol–water partition coefficient (Wildman–Crippen LogP) is 3.95. The largest absolute Gasteiger partial charge is 0.0999 e. The van der Waals surface area contributed by atoms with Crippen LogP contribution in [-0.2, 0) is 0 Å². The van der Waals surface area contributed by atoms with Gasteiger partial charge in [0.2, 0.25) is 0 Å². The fourth-order valence-corrected chi connectivity index (χ4v) is 3.30. The highest BCUT2D eigenvalue weighted by Gasteiger charge is 2.16. The molecule has 0 spiro atoms. The summed E-state index contributed by atoms with van der Waals surface area (Å²) in [6.45, 7) is 13.6. The number of alkyl halides is 1. The van der Waals surface area contributed by atoms with E-state index in [0.717, 1.165) is 0 Å². The Hall–Kier alpha value is 0.687. The first-order valence-electron chi connectivity index (χ1n) is 4.10. The van der Waals surface area contributed by atoms with Gasteiger partial charge in [-0.05, 0) is 12.0 Å². The molecule has 0 aromatic carbocycles. The molecule has 0 unspecified atom stereocenters. The molecule has 0 aromatic rings. The molecular weight excluding hydrogens is 263 g/mol. The van der Waals surface area contributed by atoms with Gasteiger partial charge in [-0.25, -0.2) is 0 Å². The zero-order chi connectivity index (χ0) is 9.07. The minimum absolute atomic E-state index is 0.710. The van der Waals surface area contributed by atoms with E-state index in [1.165, 1.54) is 16.0 Å². The normalized spacial score (nSPS) is 14.6. The maximum Gasteiger partial charge on any atom is 0.0483 e. The zero-order valence-corrected chi connectivity index (χ0v) is 11.2. The van der Waals surface area contributed by atoms with Crippen molar-refractivity contribution >= 4 is 30.7 Å². The Kier molecular flexibility index (Phi) is 4.94. The van der Waals surface area contributed by atoms with Crippen LogP contribution in [0.4, 0.5) is 0 Å². The van der Waals surface area contributed by atoms with Crippen molar-refractivity contribution in [2.45, 2.75) is 32.6 Å². The van der Waals surface area contributed by atoms with Gasteiger partial charge in [0.25, 0.3) is 0 Å².